The van der Waals surface area contributed by atoms with Gasteiger partial charge in [-0.15, -0.1) is 0 Å². The van der Waals surface area contributed by atoms with Gasteiger partial charge in [0, 0.05) is 24.1 Å². The van der Waals surface area contributed by atoms with E-state index >= 15 is 0 Å². The number of nitrogens with one attached hydrogen (secondary N) is 1. The number of aryl methyl sites for hydroxylation is 1. The number of nitrogen functional groups attached to an aromatic ring is 1. The average Bonchev–Trinajstić information content (AvgIpc) is 3.17. The van der Waals surface area contributed by atoms with Gasteiger partial charge in [0.05, 0.1) is 5.56 Å². The van der Waals surface area contributed by atoms with Crippen molar-refractivity contribution in [2.24, 2.45) is 11.3 Å². The second-order valence-corrected chi connectivity index (χ2v) is 5.73. The van der Waals surface area contributed by atoms with Crippen molar-refractivity contribution in [1.29, 1.82) is 0 Å². The Morgan fingerprint density at radius 2 is 2.28 bits per heavy atom. The van der Waals surface area contributed by atoms with E-state index in [2.05, 4.69) is 10.3 Å². The maximum Gasteiger partial charge on any atom is 0.254 e. The predicted molar refractivity (Wildman–Crippen MR) is 70.1 cm³/mol. The van der Waals surface area contributed by atoms with Gasteiger partial charge in [0.25, 0.3) is 5.91 Å². The molecule has 0 unspecified atom stereocenters. The van der Waals surface area contributed by atoms with Crippen molar-refractivity contribution in [1.82, 2.24) is 10.3 Å². The van der Waals surface area contributed by atoms with Crippen LogP contribution >= 0.6 is 0 Å². The van der Waals surface area contributed by atoms with Crippen molar-refractivity contribution in [2.75, 3.05) is 12.3 Å². The van der Waals surface area contributed by atoms with Gasteiger partial charge < -0.3 is 11.1 Å². The molecule has 2 aliphatic carbocycles. The van der Waals surface area contributed by atoms with Crippen molar-refractivity contribution < 1.29 is 4.79 Å². The molecule has 0 spiro atoms. The Labute approximate surface area is 107 Å². The average molecular weight is 245 g/mol. The van der Waals surface area contributed by atoms with Crippen LogP contribution in [0.1, 0.15) is 41.7 Å². The highest BCUT2D eigenvalue weighted by Crippen LogP contribution is 2.60. The highest BCUT2D eigenvalue weighted by atomic mass is 16.1. The van der Waals surface area contributed by atoms with Crippen LogP contribution in [0.25, 0.3) is 0 Å². The van der Waals surface area contributed by atoms with E-state index in [0.29, 0.717) is 16.7 Å². The highest BCUT2D eigenvalue weighted by Gasteiger charge is 2.53. The third-order valence-electron chi connectivity index (χ3n) is 4.25. The lowest BCUT2D eigenvalue weighted by atomic mass is 10.0. The Bertz CT molecular complexity index is 490. The molecule has 1 heterocycles. The monoisotopic (exact) mass is 245 g/mol. The molecule has 4 nitrogen and oxygen atoms in total. The number of pyridine rings is 1. The summed E-state index contributed by atoms with van der Waals surface area (Å²) in [5.41, 5.74) is 8.10. The summed E-state index contributed by atoms with van der Waals surface area (Å²) >= 11 is 0. The quantitative estimate of drug-likeness (QED) is 0.851. The summed E-state index contributed by atoms with van der Waals surface area (Å²) in [7, 11) is 0. The number of nitrogens with zero attached hydrogens (tertiary/aromatic N) is 1. The van der Waals surface area contributed by atoms with Gasteiger partial charge >= 0.3 is 0 Å². The summed E-state index contributed by atoms with van der Waals surface area (Å²) in [5.74, 6) is 0.762. The fourth-order valence-corrected chi connectivity index (χ4v) is 2.71. The lowest BCUT2D eigenvalue weighted by Crippen LogP contribution is -2.31. The molecule has 18 heavy (non-hydrogen) atoms. The van der Waals surface area contributed by atoms with Gasteiger partial charge in [0.2, 0.25) is 0 Å². The summed E-state index contributed by atoms with van der Waals surface area (Å²) in [6.07, 6.45) is 6.77. The summed E-state index contributed by atoms with van der Waals surface area (Å²) in [5, 5.41) is 3.02. The van der Waals surface area contributed by atoms with Gasteiger partial charge in [-0.05, 0) is 50.0 Å². The van der Waals surface area contributed by atoms with Crippen LogP contribution in [-0.2, 0) is 0 Å². The second kappa shape index (κ2) is 3.97. The van der Waals surface area contributed by atoms with Crippen LogP contribution in [-0.4, -0.2) is 17.4 Å². The van der Waals surface area contributed by atoms with Crippen LogP contribution in [0.4, 0.5) is 5.69 Å². The van der Waals surface area contributed by atoms with Crippen molar-refractivity contribution in [2.45, 2.75) is 32.6 Å². The first-order valence-electron chi connectivity index (χ1n) is 6.61. The molecule has 4 heteroatoms. The summed E-state index contributed by atoms with van der Waals surface area (Å²) < 4.78 is 0. The van der Waals surface area contributed by atoms with Crippen LogP contribution < -0.4 is 11.1 Å². The normalized spacial score (nSPS) is 20.5. The van der Waals surface area contributed by atoms with Gasteiger partial charge in [-0.1, -0.05) is 0 Å². The molecule has 1 amide bonds. The Balaban J connectivity index is 1.64. The first-order valence-corrected chi connectivity index (χ1v) is 6.61. The zero-order valence-electron chi connectivity index (χ0n) is 10.7. The molecule has 2 fully saturated rings. The molecule has 96 valence electrons. The molecule has 0 bridgehead atoms. The number of carbonyl (C=O) groups is 1. The first-order chi connectivity index (χ1) is 8.61. The number of carbonyl (C=O) groups excluding carboxylic acids is 1. The molecule has 1 aromatic heterocycles. The second-order valence-electron chi connectivity index (χ2n) is 5.73. The minimum absolute atomic E-state index is 0.0908. The molecule has 2 saturated carbocycles. The lowest BCUT2D eigenvalue weighted by Gasteiger charge is -2.15. The van der Waals surface area contributed by atoms with Crippen LogP contribution in [0.5, 0.6) is 0 Å². The maximum absolute atomic E-state index is 12.1. The van der Waals surface area contributed by atoms with Gasteiger partial charge in [-0.3, -0.25) is 9.78 Å². The molecule has 0 aliphatic heterocycles. The zero-order chi connectivity index (χ0) is 12.8. The van der Waals surface area contributed by atoms with E-state index in [1.807, 2.05) is 6.92 Å². The SMILES string of the molecule is Cc1cc(N)c(C(=O)NCC2(C3CC3)CC2)cn1. The molecular formula is C14H19N3O. The van der Waals surface area contributed by atoms with Crippen LogP contribution in [0.15, 0.2) is 12.3 Å². The van der Waals surface area contributed by atoms with Crippen molar-refractivity contribution in [3.05, 3.63) is 23.5 Å². The number of anilines is 1. The zero-order valence-corrected chi connectivity index (χ0v) is 10.7. The van der Waals surface area contributed by atoms with E-state index in [1.54, 1.807) is 12.3 Å². The molecule has 3 N–H and O–H groups in total. The van der Waals surface area contributed by atoms with E-state index in [1.165, 1.54) is 25.7 Å². The third kappa shape index (κ3) is 2.07. The van der Waals surface area contributed by atoms with Gasteiger partial charge in [0.15, 0.2) is 0 Å². The molecule has 1 aromatic rings. The number of hydrogen-bond donors (Lipinski definition) is 2. The molecule has 0 aromatic carbocycles. The van der Waals surface area contributed by atoms with E-state index < -0.39 is 0 Å². The fourth-order valence-electron chi connectivity index (χ4n) is 2.71. The summed E-state index contributed by atoms with van der Waals surface area (Å²) in [6, 6.07) is 1.74. The van der Waals surface area contributed by atoms with Gasteiger partial charge in [-0.25, -0.2) is 0 Å². The molecule has 0 radical (unpaired) electrons. The summed E-state index contributed by atoms with van der Waals surface area (Å²) in [4.78, 5) is 16.2. The maximum atomic E-state index is 12.1. The minimum Gasteiger partial charge on any atom is -0.398 e. The largest absolute Gasteiger partial charge is 0.398 e. The Morgan fingerprint density at radius 1 is 1.56 bits per heavy atom. The Hall–Kier alpha value is -1.58. The number of nitrogens with two attached hydrogens (primary N) is 1. The molecule has 0 saturated heterocycles. The smallest absolute Gasteiger partial charge is 0.254 e. The first kappa shape index (κ1) is 11.5. The Kier molecular flexibility index (Phi) is 2.54. The Morgan fingerprint density at radius 3 is 2.83 bits per heavy atom. The third-order valence-corrected chi connectivity index (χ3v) is 4.25. The molecular weight excluding hydrogens is 226 g/mol. The predicted octanol–water partition coefficient (Wildman–Crippen LogP) is 1.89. The molecule has 0 atom stereocenters. The van der Waals surface area contributed by atoms with Crippen molar-refractivity contribution in [3.63, 3.8) is 0 Å². The number of aromatic nitrogens is 1. The number of hydrogen-bond acceptors (Lipinski definition) is 3. The van der Waals surface area contributed by atoms with Crippen LogP contribution in [0.2, 0.25) is 0 Å². The van der Waals surface area contributed by atoms with Crippen molar-refractivity contribution >= 4 is 11.6 Å². The van der Waals surface area contributed by atoms with Crippen molar-refractivity contribution in [3.8, 4) is 0 Å². The molecule has 2 aliphatic rings. The topological polar surface area (TPSA) is 68.0 Å². The van der Waals surface area contributed by atoms with Gasteiger partial charge in [0.1, 0.15) is 0 Å². The lowest BCUT2D eigenvalue weighted by molar-refractivity contribution is 0.0943. The number of amides is 1. The highest BCUT2D eigenvalue weighted by molar-refractivity contribution is 5.98. The van der Waals surface area contributed by atoms with Gasteiger partial charge in [-0.2, -0.15) is 0 Å². The van der Waals surface area contributed by atoms with Crippen LogP contribution in [0, 0.1) is 18.3 Å². The van der Waals surface area contributed by atoms with E-state index in [9.17, 15) is 4.79 Å². The molecule has 3 rings (SSSR count). The van der Waals surface area contributed by atoms with E-state index in [4.69, 9.17) is 5.73 Å². The standard InChI is InChI=1S/C14H19N3O/c1-9-6-12(15)11(7-16-9)13(18)17-8-14(4-5-14)10-2-3-10/h6-7,10H,2-5,8H2,1H3,(H2,15,16)(H,17,18). The van der Waals surface area contributed by atoms with E-state index in [0.717, 1.165) is 18.2 Å². The fraction of sp³-hybridized carbons (Fsp3) is 0.571. The van der Waals surface area contributed by atoms with E-state index in [-0.39, 0.29) is 5.91 Å². The van der Waals surface area contributed by atoms with Crippen LogP contribution in [0.3, 0.4) is 0 Å². The minimum atomic E-state index is -0.0908. The number of rotatable bonds is 4. The summed E-state index contributed by atoms with van der Waals surface area (Å²) in [6.45, 7) is 2.66.